The smallest absolute Gasteiger partial charge is 0.251 e. The van der Waals surface area contributed by atoms with Crippen LogP contribution < -0.4 is 5.32 Å². The largest absolute Gasteiger partial charge is 0.379 e. The van der Waals surface area contributed by atoms with Crippen LogP contribution in [0, 0.1) is 11.6 Å². The Labute approximate surface area is 145 Å². The second-order valence-electron chi connectivity index (χ2n) is 5.98. The highest BCUT2D eigenvalue weighted by molar-refractivity contribution is 5.94. The molecular weight excluding hydrogens is 326 g/mol. The minimum Gasteiger partial charge on any atom is -0.379 e. The fraction of sp³-hybridized carbons (Fsp3) is 0.316. The molecule has 132 valence electrons. The van der Waals surface area contributed by atoms with Gasteiger partial charge in [-0.25, -0.2) is 8.78 Å². The van der Waals surface area contributed by atoms with Crippen molar-refractivity contribution in [2.24, 2.45) is 0 Å². The maximum absolute atomic E-state index is 13.4. The van der Waals surface area contributed by atoms with Gasteiger partial charge in [0.05, 0.1) is 19.3 Å². The number of nitrogens with zero attached hydrogens (tertiary/aromatic N) is 1. The lowest BCUT2D eigenvalue weighted by molar-refractivity contribution is 0.0332. The van der Waals surface area contributed by atoms with E-state index in [4.69, 9.17) is 4.74 Å². The molecule has 0 aliphatic carbocycles. The minimum absolute atomic E-state index is 0.0989. The summed E-state index contributed by atoms with van der Waals surface area (Å²) in [6.45, 7) is 3.55. The summed E-state index contributed by atoms with van der Waals surface area (Å²) < 4.78 is 31.8. The fourth-order valence-electron chi connectivity index (χ4n) is 2.84. The van der Waals surface area contributed by atoms with Crippen molar-refractivity contribution in [2.45, 2.75) is 6.04 Å². The number of rotatable bonds is 5. The summed E-state index contributed by atoms with van der Waals surface area (Å²) in [7, 11) is 0. The molecule has 2 aromatic carbocycles. The molecule has 1 N–H and O–H groups in total. The average Bonchev–Trinajstić information content (AvgIpc) is 2.65. The summed E-state index contributed by atoms with van der Waals surface area (Å²) in [4.78, 5) is 14.7. The second-order valence-corrected chi connectivity index (χ2v) is 5.98. The van der Waals surface area contributed by atoms with E-state index in [2.05, 4.69) is 10.2 Å². The fourth-order valence-corrected chi connectivity index (χ4v) is 2.84. The van der Waals surface area contributed by atoms with Gasteiger partial charge in [0.25, 0.3) is 5.91 Å². The van der Waals surface area contributed by atoms with E-state index in [0.717, 1.165) is 30.8 Å². The van der Waals surface area contributed by atoms with Gasteiger partial charge in [-0.15, -0.1) is 0 Å². The molecule has 6 heteroatoms. The number of carbonyl (C=O) groups excluding carboxylic acids is 1. The molecule has 2 aromatic rings. The summed E-state index contributed by atoms with van der Waals surface area (Å²) >= 11 is 0. The molecule has 0 unspecified atom stereocenters. The van der Waals surface area contributed by atoms with Crippen molar-refractivity contribution in [1.82, 2.24) is 10.2 Å². The van der Waals surface area contributed by atoms with E-state index in [9.17, 15) is 13.6 Å². The summed E-state index contributed by atoms with van der Waals surface area (Å²) in [6, 6.07) is 12.5. The van der Waals surface area contributed by atoms with Crippen LogP contribution in [0.25, 0.3) is 0 Å². The maximum atomic E-state index is 13.4. The quantitative estimate of drug-likeness (QED) is 0.905. The Morgan fingerprint density at radius 2 is 1.80 bits per heavy atom. The number of morpholine rings is 1. The third-order valence-corrected chi connectivity index (χ3v) is 4.23. The van der Waals surface area contributed by atoms with E-state index >= 15 is 0 Å². The zero-order chi connectivity index (χ0) is 17.6. The number of carbonyl (C=O) groups is 1. The first-order valence-electron chi connectivity index (χ1n) is 8.24. The van der Waals surface area contributed by atoms with E-state index in [1.807, 2.05) is 30.3 Å². The number of amides is 1. The van der Waals surface area contributed by atoms with Crippen LogP contribution in [-0.2, 0) is 4.74 Å². The van der Waals surface area contributed by atoms with Crippen LogP contribution in [0.15, 0.2) is 48.5 Å². The average molecular weight is 346 g/mol. The Hall–Kier alpha value is -2.31. The maximum Gasteiger partial charge on any atom is 0.251 e. The van der Waals surface area contributed by atoms with Gasteiger partial charge in [0.2, 0.25) is 0 Å². The van der Waals surface area contributed by atoms with Gasteiger partial charge < -0.3 is 10.1 Å². The van der Waals surface area contributed by atoms with E-state index in [1.165, 1.54) is 6.07 Å². The first kappa shape index (κ1) is 17.5. The lowest BCUT2D eigenvalue weighted by Crippen LogP contribution is -2.43. The van der Waals surface area contributed by atoms with Crippen molar-refractivity contribution >= 4 is 5.91 Å². The Morgan fingerprint density at radius 1 is 1.08 bits per heavy atom. The molecule has 1 atom stereocenters. The van der Waals surface area contributed by atoms with Gasteiger partial charge >= 0.3 is 0 Å². The lowest BCUT2D eigenvalue weighted by atomic mass is 10.1. The molecule has 0 radical (unpaired) electrons. The Morgan fingerprint density at radius 3 is 2.48 bits per heavy atom. The van der Waals surface area contributed by atoms with Crippen molar-refractivity contribution < 1.29 is 18.3 Å². The number of hydrogen-bond donors (Lipinski definition) is 1. The second kappa shape index (κ2) is 8.18. The van der Waals surface area contributed by atoms with Crippen molar-refractivity contribution in [3.63, 3.8) is 0 Å². The zero-order valence-corrected chi connectivity index (χ0v) is 13.8. The van der Waals surface area contributed by atoms with Crippen LogP contribution in [0.3, 0.4) is 0 Å². The van der Waals surface area contributed by atoms with Crippen molar-refractivity contribution in [1.29, 1.82) is 0 Å². The molecule has 0 aromatic heterocycles. The Bertz CT molecular complexity index is 719. The number of halogens is 2. The van der Waals surface area contributed by atoms with Crippen LogP contribution in [0.4, 0.5) is 8.78 Å². The van der Waals surface area contributed by atoms with Gasteiger partial charge in [-0.05, 0) is 23.8 Å². The first-order valence-corrected chi connectivity index (χ1v) is 8.24. The van der Waals surface area contributed by atoms with Gasteiger partial charge in [-0.1, -0.05) is 30.3 Å². The Kier molecular flexibility index (Phi) is 5.73. The van der Waals surface area contributed by atoms with Crippen molar-refractivity contribution in [3.8, 4) is 0 Å². The van der Waals surface area contributed by atoms with Crippen LogP contribution >= 0.6 is 0 Å². The van der Waals surface area contributed by atoms with E-state index in [0.29, 0.717) is 19.8 Å². The number of hydrogen-bond acceptors (Lipinski definition) is 3. The summed E-state index contributed by atoms with van der Waals surface area (Å²) in [5.74, 6) is -2.43. The molecule has 1 fully saturated rings. The normalized spacial score (nSPS) is 16.4. The van der Waals surface area contributed by atoms with Gasteiger partial charge in [0.15, 0.2) is 11.6 Å². The highest BCUT2D eigenvalue weighted by Gasteiger charge is 2.21. The van der Waals surface area contributed by atoms with E-state index in [-0.39, 0.29) is 11.6 Å². The minimum atomic E-state index is -1.03. The van der Waals surface area contributed by atoms with Crippen molar-refractivity contribution in [2.75, 3.05) is 32.8 Å². The molecule has 3 rings (SSSR count). The first-order chi connectivity index (χ1) is 12.1. The highest BCUT2D eigenvalue weighted by Crippen LogP contribution is 2.17. The third-order valence-electron chi connectivity index (χ3n) is 4.23. The van der Waals surface area contributed by atoms with Gasteiger partial charge in [-0.2, -0.15) is 0 Å². The molecular formula is C19H20F2N2O2. The summed E-state index contributed by atoms with van der Waals surface area (Å²) in [6.07, 6.45) is 0. The molecule has 4 nitrogen and oxygen atoms in total. The van der Waals surface area contributed by atoms with Gasteiger partial charge in [0, 0.05) is 25.2 Å². The molecule has 1 amide bonds. The highest BCUT2D eigenvalue weighted by atomic mass is 19.2. The molecule has 1 aliphatic rings. The van der Waals surface area contributed by atoms with Crippen LogP contribution in [-0.4, -0.2) is 43.7 Å². The zero-order valence-electron chi connectivity index (χ0n) is 13.8. The SMILES string of the molecule is O=C(N[C@@H](CN1CCOCC1)c1ccccc1)c1ccc(F)c(F)c1. The molecule has 0 spiro atoms. The number of benzene rings is 2. The standard InChI is InChI=1S/C19H20F2N2O2/c20-16-7-6-15(12-17(16)21)19(24)22-18(14-4-2-1-3-5-14)13-23-8-10-25-11-9-23/h1-7,12,18H,8-11,13H2,(H,22,24)/t18-/m0/s1. The monoisotopic (exact) mass is 346 g/mol. The van der Waals surface area contributed by atoms with E-state index in [1.54, 1.807) is 0 Å². The molecule has 1 heterocycles. The predicted octanol–water partition coefficient (Wildman–Crippen LogP) is 2.77. The third kappa shape index (κ3) is 4.61. The van der Waals surface area contributed by atoms with Gasteiger partial charge in [-0.3, -0.25) is 9.69 Å². The topological polar surface area (TPSA) is 41.6 Å². The van der Waals surface area contributed by atoms with E-state index < -0.39 is 17.5 Å². The molecule has 25 heavy (non-hydrogen) atoms. The van der Waals surface area contributed by atoms with Crippen LogP contribution in [0.1, 0.15) is 22.0 Å². The van der Waals surface area contributed by atoms with Gasteiger partial charge in [0.1, 0.15) is 0 Å². The molecule has 1 saturated heterocycles. The number of nitrogens with one attached hydrogen (secondary N) is 1. The molecule has 0 saturated carbocycles. The number of ether oxygens (including phenoxy) is 1. The lowest BCUT2D eigenvalue weighted by Gasteiger charge is -2.31. The van der Waals surface area contributed by atoms with Crippen LogP contribution in [0.2, 0.25) is 0 Å². The Balaban J connectivity index is 1.76. The molecule has 1 aliphatic heterocycles. The van der Waals surface area contributed by atoms with Crippen molar-refractivity contribution in [3.05, 3.63) is 71.3 Å². The summed E-state index contributed by atoms with van der Waals surface area (Å²) in [5, 5.41) is 2.93. The molecule has 0 bridgehead atoms. The van der Waals surface area contributed by atoms with Crippen LogP contribution in [0.5, 0.6) is 0 Å². The predicted molar refractivity (Wildman–Crippen MR) is 90.3 cm³/mol. The summed E-state index contributed by atoms with van der Waals surface area (Å²) in [5.41, 5.74) is 1.06.